The van der Waals surface area contributed by atoms with E-state index in [9.17, 15) is 8.76 Å². The van der Waals surface area contributed by atoms with Crippen LogP contribution in [0, 0.1) is 0 Å². The van der Waals surface area contributed by atoms with Crippen LogP contribution in [0.2, 0.25) is 0 Å². The van der Waals surface area contributed by atoms with Crippen molar-refractivity contribution in [2.45, 2.75) is 0 Å². The second kappa shape index (κ2) is 6.03. The summed E-state index contributed by atoms with van der Waals surface area (Å²) in [6, 6.07) is 17.3. The van der Waals surface area contributed by atoms with Crippen LogP contribution < -0.4 is 33.7 Å². The van der Waals surface area contributed by atoms with Gasteiger partial charge in [0.15, 0.2) is 0 Å². The van der Waals surface area contributed by atoms with Gasteiger partial charge in [-0.2, -0.15) is 0 Å². The van der Waals surface area contributed by atoms with E-state index in [-0.39, 0.29) is 31.0 Å². The van der Waals surface area contributed by atoms with E-state index in [2.05, 4.69) is 10.2 Å². The van der Waals surface area contributed by atoms with Crippen molar-refractivity contribution in [3.05, 3.63) is 54.6 Å². The molecule has 5 heteroatoms. The molecule has 0 radical (unpaired) electrons. The third kappa shape index (κ3) is 3.16. The van der Waals surface area contributed by atoms with Crippen LogP contribution >= 0.6 is 0 Å². The van der Waals surface area contributed by atoms with Crippen molar-refractivity contribution in [3.63, 3.8) is 0 Å². The molecule has 1 atom stereocenters. The van der Waals surface area contributed by atoms with E-state index in [1.54, 1.807) is 12.1 Å². The Balaban J connectivity index is 0.000001000. The van der Waals surface area contributed by atoms with Gasteiger partial charge < -0.3 is 10.2 Å². The Morgan fingerprint density at radius 3 is 2.11 bits per heavy atom. The topological polar surface area (TPSA) is 49.4 Å². The Morgan fingerprint density at radius 1 is 0.895 bits per heavy atom. The minimum Gasteiger partial charge on any atom is -1.00 e. The second-order valence-corrected chi connectivity index (χ2v) is 4.57. The fourth-order valence-corrected chi connectivity index (χ4v) is 2.31. The second-order valence-electron chi connectivity index (χ2n) is 4.00. The molecule has 0 saturated carbocycles. The molecule has 3 rings (SSSR count). The van der Waals surface area contributed by atoms with E-state index in [1.165, 1.54) is 0 Å². The van der Waals surface area contributed by atoms with Crippen LogP contribution in [0.15, 0.2) is 54.6 Å². The largest absolute Gasteiger partial charge is 1.00 e. The van der Waals surface area contributed by atoms with E-state index in [1.807, 2.05) is 36.4 Å². The van der Waals surface area contributed by atoms with Crippen molar-refractivity contribution >= 4 is 32.9 Å². The van der Waals surface area contributed by atoms with E-state index in [0.29, 0.717) is 5.75 Å². The van der Waals surface area contributed by atoms with Crippen molar-refractivity contribution in [3.8, 4) is 5.75 Å². The van der Waals surface area contributed by atoms with Gasteiger partial charge in [-0.05, 0) is 45.8 Å². The molecule has 19 heavy (non-hydrogen) atoms. The molecule has 92 valence electrons. The maximum Gasteiger partial charge on any atom is 1.00 e. The molecule has 0 aliphatic heterocycles. The summed E-state index contributed by atoms with van der Waals surface area (Å²) in [6.07, 6.45) is 0. The molecule has 3 aromatic rings. The predicted molar refractivity (Wildman–Crippen MR) is 72.1 cm³/mol. The molecule has 0 aromatic heterocycles. The van der Waals surface area contributed by atoms with Gasteiger partial charge in [0.1, 0.15) is 17.1 Å². The number of rotatable bonds is 2. The third-order valence-corrected chi connectivity index (χ3v) is 3.17. The van der Waals surface area contributed by atoms with E-state index >= 15 is 0 Å². The van der Waals surface area contributed by atoms with Gasteiger partial charge in [0, 0.05) is 0 Å². The Kier molecular flexibility index (Phi) is 4.60. The quantitative estimate of drug-likeness (QED) is 0.385. The normalized spacial score (nSPS) is 12.1. The molecule has 3 nitrogen and oxygen atoms in total. The molecule has 0 fully saturated rings. The standard InChI is InChI=1S/C14H10O3S.Na.H/c15-18(16)17-14-6-5-12-7-10-3-1-2-4-11(10)8-13(12)9-14;;/h1-9H,(H,15,16);;/q;+1;-1/p-1. The molecule has 1 unspecified atom stereocenters. The molecule has 0 spiro atoms. The molecule has 0 bridgehead atoms. The van der Waals surface area contributed by atoms with Gasteiger partial charge in [-0.25, -0.2) is 4.21 Å². The number of hydrogen-bond acceptors (Lipinski definition) is 3. The van der Waals surface area contributed by atoms with Gasteiger partial charge in [-0.3, -0.25) is 0 Å². The Hall–Kier alpha value is -0.910. The molecule has 0 amide bonds. The first-order valence-electron chi connectivity index (χ1n) is 5.42. The van der Waals surface area contributed by atoms with Gasteiger partial charge in [0.05, 0.1) is 0 Å². The summed E-state index contributed by atoms with van der Waals surface area (Å²) >= 11 is -2.54. The zero-order chi connectivity index (χ0) is 12.5. The van der Waals surface area contributed by atoms with Crippen LogP contribution in [0.4, 0.5) is 0 Å². The van der Waals surface area contributed by atoms with Gasteiger partial charge in [-0.15, -0.1) is 0 Å². The van der Waals surface area contributed by atoms with E-state index in [4.69, 9.17) is 0 Å². The smallest absolute Gasteiger partial charge is 1.00 e. The Bertz CT molecular complexity index is 764. The van der Waals surface area contributed by atoms with Crippen LogP contribution in [0.5, 0.6) is 5.75 Å². The van der Waals surface area contributed by atoms with Gasteiger partial charge in [0.2, 0.25) is 0 Å². The predicted octanol–water partition coefficient (Wildman–Crippen LogP) is 0.282. The van der Waals surface area contributed by atoms with Crippen molar-refractivity contribution in [1.29, 1.82) is 0 Å². The maximum atomic E-state index is 10.5. The first-order chi connectivity index (χ1) is 8.72. The summed E-state index contributed by atoms with van der Waals surface area (Å²) in [6.45, 7) is 0. The zero-order valence-electron chi connectivity index (χ0n) is 11.3. The molecule has 0 aliphatic rings. The number of hydrogen-bond donors (Lipinski definition) is 0. The fraction of sp³-hybridized carbons (Fsp3) is 0. The summed E-state index contributed by atoms with van der Waals surface area (Å²) in [5, 5.41) is 4.28. The first-order valence-corrected chi connectivity index (χ1v) is 6.42. The van der Waals surface area contributed by atoms with E-state index in [0.717, 1.165) is 21.5 Å². The van der Waals surface area contributed by atoms with Crippen LogP contribution in [-0.4, -0.2) is 8.76 Å². The summed E-state index contributed by atoms with van der Waals surface area (Å²) in [7, 11) is 0. The monoisotopic (exact) mass is 281 g/mol. The molecular weight excluding hydrogens is 271 g/mol. The molecule has 3 aromatic carbocycles. The van der Waals surface area contributed by atoms with Crippen molar-refractivity contribution < 1.29 is 43.9 Å². The van der Waals surface area contributed by atoms with Gasteiger partial charge in [-0.1, -0.05) is 30.3 Å². The molecule has 0 heterocycles. The molecule has 0 saturated heterocycles. The summed E-state index contributed by atoms with van der Waals surface area (Å²) < 4.78 is 25.6. The molecular formula is C14H10NaO3S-. The van der Waals surface area contributed by atoms with Gasteiger partial charge >= 0.3 is 29.6 Å². The van der Waals surface area contributed by atoms with Crippen LogP contribution in [0.3, 0.4) is 0 Å². The van der Waals surface area contributed by atoms with Crippen LogP contribution in [0.25, 0.3) is 21.5 Å². The zero-order valence-corrected chi connectivity index (χ0v) is 13.1. The summed E-state index contributed by atoms with van der Waals surface area (Å²) in [5.41, 5.74) is 0. The van der Waals surface area contributed by atoms with Crippen molar-refractivity contribution in [2.24, 2.45) is 0 Å². The fourth-order valence-electron chi connectivity index (χ4n) is 2.05. The van der Waals surface area contributed by atoms with Crippen molar-refractivity contribution in [2.75, 3.05) is 0 Å². The number of fused-ring (bicyclic) bond motifs is 2. The van der Waals surface area contributed by atoms with Gasteiger partial charge in [0.25, 0.3) is 0 Å². The molecule has 0 N–H and O–H groups in total. The average molecular weight is 281 g/mol. The maximum absolute atomic E-state index is 10.5. The Labute approximate surface area is 136 Å². The van der Waals surface area contributed by atoms with Crippen molar-refractivity contribution in [1.82, 2.24) is 0 Å². The summed E-state index contributed by atoms with van der Waals surface area (Å²) in [5.74, 6) is 0.325. The minimum absolute atomic E-state index is 0. The summed E-state index contributed by atoms with van der Waals surface area (Å²) in [4.78, 5) is 0. The third-order valence-electron chi connectivity index (χ3n) is 2.84. The number of benzene rings is 3. The van der Waals surface area contributed by atoms with Crippen LogP contribution in [0.1, 0.15) is 1.43 Å². The average Bonchev–Trinajstić information content (AvgIpc) is 2.35. The first kappa shape index (κ1) is 14.5. The van der Waals surface area contributed by atoms with E-state index < -0.39 is 11.4 Å². The van der Waals surface area contributed by atoms with Crippen LogP contribution in [-0.2, 0) is 11.4 Å². The molecule has 0 aliphatic carbocycles. The Morgan fingerprint density at radius 2 is 1.47 bits per heavy atom. The SMILES string of the molecule is O=S([O-])Oc1ccc2cc3ccccc3cc2c1.[H-].[Na+]. The minimum atomic E-state index is -2.54.